The Morgan fingerprint density at radius 1 is 0.305 bits per heavy atom. The fourth-order valence-electron chi connectivity index (χ4n) is 9.09. The molecule has 0 aliphatic heterocycles. The molecule has 59 heavy (non-hydrogen) atoms. The predicted molar refractivity (Wildman–Crippen MR) is 247 cm³/mol. The third kappa shape index (κ3) is 5.44. The molecule has 0 saturated heterocycles. The van der Waals surface area contributed by atoms with E-state index < -0.39 is 0 Å². The Kier molecular flexibility index (Phi) is 7.54. The third-order valence-corrected chi connectivity index (χ3v) is 11.9. The van der Waals surface area contributed by atoms with Crippen molar-refractivity contribution in [2.45, 2.75) is 0 Å². The summed E-state index contributed by atoms with van der Waals surface area (Å²) in [5.74, 6) is 0. The molecule has 0 aliphatic carbocycles. The van der Waals surface area contributed by atoms with Crippen LogP contribution in [0.1, 0.15) is 0 Å². The van der Waals surface area contributed by atoms with Gasteiger partial charge in [0.25, 0.3) is 0 Å². The Morgan fingerprint density at radius 3 is 1.66 bits per heavy atom. The molecular weight excluding hydrogens is 719 g/mol. The van der Waals surface area contributed by atoms with Crippen molar-refractivity contribution in [3.8, 4) is 33.4 Å². The summed E-state index contributed by atoms with van der Waals surface area (Å²) < 4.78 is 13.0. The summed E-state index contributed by atoms with van der Waals surface area (Å²) in [6, 6.07) is 75.8. The molecule has 12 aromatic rings. The van der Waals surface area contributed by atoms with Gasteiger partial charge in [0.1, 0.15) is 22.3 Å². The minimum Gasteiger partial charge on any atom is -0.456 e. The minimum absolute atomic E-state index is 0.873. The maximum atomic E-state index is 6.56. The number of hydrogen-bond acceptors (Lipinski definition) is 3. The van der Waals surface area contributed by atoms with Gasteiger partial charge in [-0.15, -0.1) is 0 Å². The van der Waals surface area contributed by atoms with Gasteiger partial charge in [0.05, 0.1) is 5.69 Å². The number of anilines is 3. The van der Waals surface area contributed by atoms with Crippen LogP contribution >= 0.6 is 0 Å². The lowest BCUT2D eigenvalue weighted by atomic mass is 9.95. The number of benzene rings is 10. The van der Waals surface area contributed by atoms with Crippen LogP contribution in [0.3, 0.4) is 0 Å². The van der Waals surface area contributed by atoms with E-state index in [4.69, 9.17) is 8.83 Å². The normalized spacial score (nSPS) is 11.7. The Hall–Kier alpha value is -7.88. The number of hydrogen-bond donors (Lipinski definition) is 0. The van der Waals surface area contributed by atoms with Gasteiger partial charge in [0, 0.05) is 44.0 Å². The van der Waals surface area contributed by atoms with Crippen molar-refractivity contribution in [3.63, 3.8) is 0 Å². The number of rotatable bonds is 6. The molecule has 0 atom stereocenters. The molecule has 2 heterocycles. The van der Waals surface area contributed by atoms with Crippen LogP contribution in [0, 0.1) is 0 Å². The molecule has 0 radical (unpaired) electrons. The molecule has 0 bridgehead atoms. The van der Waals surface area contributed by atoms with E-state index in [1.54, 1.807) is 0 Å². The largest absolute Gasteiger partial charge is 0.456 e. The van der Waals surface area contributed by atoms with Gasteiger partial charge < -0.3 is 13.7 Å². The second kappa shape index (κ2) is 13.4. The molecule has 276 valence electrons. The molecule has 0 fully saturated rings. The van der Waals surface area contributed by atoms with E-state index in [1.165, 1.54) is 32.7 Å². The van der Waals surface area contributed by atoms with Gasteiger partial charge in [-0.1, -0.05) is 158 Å². The van der Waals surface area contributed by atoms with Crippen LogP contribution in [0.25, 0.3) is 98.8 Å². The molecule has 0 unspecified atom stereocenters. The molecule has 12 rings (SSSR count). The molecule has 0 spiro atoms. The topological polar surface area (TPSA) is 29.5 Å². The highest BCUT2D eigenvalue weighted by Gasteiger charge is 2.21. The molecule has 0 N–H and O–H groups in total. The van der Waals surface area contributed by atoms with Crippen LogP contribution in [-0.2, 0) is 0 Å². The summed E-state index contributed by atoms with van der Waals surface area (Å²) in [5, 5.41) is 9.31. The smallest absolute Gasteiger partial charge is 0.143 e. The highest BCUT2D eigenvalue weighted by molar-refractivity contribution is 6.17. The Balaban J connectivity index is 1.04. The summed E-state index contributed by atoms with van der Waals surface area (Å²) in [6.07, 6.45) is 0. The lowest BCUT2D eigenvalue weighted by molar-refractivity contribution is 0.669. The molecular formula is C56H35NO2. The van der Waals surface area contributed by atoms with Crippen molar-refractivity contribution < 1.29 is 8.83 Å². The van der Waals surface area contributed by atoms with Crippen LogP contribution in [0.15, 0.2) is 221 Å². The standard InChI is InChI=1S/C56H35NO2/c1-2-14-40-35-54-50(34-39(40)13-1)55-48(21-11-25-53(55)58-54)46-17-5-7-23-51(46)57(41-30-26-37(27-31-41)44-19-9-15-36-12-3-4-16-43(36)44)42-32-28-38(29-33-42)45-20-10-22-49-47-18-6-8-24-52(47)59-56(45)49/h1-35H. The second-order valence-corrected chi connectivity index (χ2v) is 15.2. The van der Waals surface area contributed by atoms with E-state index >= 15 is 0 Å². The van der Waals surface area contributed by atoms with Crippen LogP contribution in [0.5, 0.6) is 0 Å². The Bertz CT molecular complexity index is 3550. The van der Waals surface area contributed by atoms with E-state index in [2.05, 4.69) is 205 Å². The van der Waals surface area contributed by atoms with Gasteiger partial charge in [0.15, 0.2) is 0 Å². The maximum absolute atomic E-state index is 6.56. The fourth-order valence-corrected chi connectivity index (χ4v) is 9.09. The van der Waals surface area contributed by atoms with E-state index in [0.717, 1.165) is 83.2 Å². The Morgan fingerprint density at radius 2 is 0.847 bits per heavy atom. The average Bonchev–Trinajstić information content (AvgIpc) is 3.87. The molecule has 2 aromatic heterocycles. The van der Waals surface area contributed by atoms with Crippen LogP contribution in [-0.4, -0.2) is 0 Å². The van der Waals surface area contributed by atoms with Crippen molar-refractivity contribution in [1.29, 1.82) is 0 Å². The van der Waals surface area contributed by atoms with Crippen molar-refractivity contribution in [2.24, 2.45) is 0 Å². The van der Waals surface area contributed by atoms with Gasteiger partial charge in [0.2, 0.25) is 0 Å². The summed E-state index contributed by atoms with van der Waals surface area (Å²) >= 11 is 0. The van der Waals surface area contributed by atoms with Gasteiger partial charge in [-0.05, 0) is 98.4 Å². The van der Waals surface area contributed by atoms with Gasteiger partial charge in [-0.2, -0.15) is 0 Å². The van der Waals surface area contributed by atoms with Crippen molar-refractivity contribution in [2.75, 3.05) is 4.90 Å². The molecule has 0 amide bonds. The molecule has 0 aliphatic rings. The molecule has 3 heteroatoms. The van der Waals surface area contributed by atoms with Crippen molar-refractivity contribution in [1.82, 2.24) is 0 Å². The second-order valence-electron chi connectivity index (χ2n) is 15.2. The minimum atomic E-state index is 0.873. The highest BCUT2D eigenvalue weighted by atomic mass is 16.3. The Labute approximate surface area is 340 Å². The van der Waals surface area contributed by atoms with Gasteiger partial charge in [-0.25, -0.2) is 0 Å². The zero-order valence-corrected chi connectivity index (χ0v) is 32.0. The third-order valence-electron chi connectivity index (χ3n) is 11.9. The maximum Gasteiger partial charge on any atom is 0.143 e. The number of nitrogens with zero attached hydrogens (tertiary/aromatic N) is 1. The quantitative estimate of drug-likeness (QED) is 0.169. The van der Waals surface area contributed by atoms with E-state index in [-0.39, 0.29) is 0 Å². The monoisotopic (exact) mass is 753 g/mol. The molecule has 3 nitrogen and oxygen atoms in total. The summed E-state index contributed by atoms with van der Waals surface area (Å²) in [4.78, 5) is 2.38. The number of para-hydroxylation sites is 3. The predicted octanol–water partition coefficient (Wildman–Crippen LogP) is 16.3. The zero-order valence-electron chi connectivity index (χ0n) is 32.0. The van der Waals surface area contributed by atoms with Crippen LogP contribution in [0.2, 0.25) is 0 Å². The van der Waals surface area contributed by atoms with Crippen LogP contribution < -0.4 is 4.90 Å². The lowest BCUT2D eigenvalue weighted by Gasteiger charge is -2.28. The SMILES string of the molecule is c1ccc(N(c2ccc(-c3cccc4ccccc34)cc2)c2ccc(-c3cccc4c3oc3ccccc34)cc2)c(-c2cccc3oc4cc5ccccc5cc4c23)c1. The first-order chi connectivity index (χ1) is 29.2. The first-order valence-corrected chi connectivity index (χ1v) is 20.1. The van der Waals surface area contributed by atoms with E-state index in [9.17, 15) is 0 Å². The first kappa shape index (κ1) is 33.3. The molecule has 10 aromatic carbocycles. The summed E-state index contributed by atoms with van der Waals surface area (Å²) in [7, 11) is 0. The summed E-state index contributed by atoms with van der Waals surface area (Å²) in [5.41, 5.74) is 13.5. The number of fused-ring (bicyclic) bond motifs is 8. The fraction of sp³-hybridized carbons (Fsp3) is 0. The van der Waals surface area contributed by atoms with Gasteiger partial charge >= 0.3 is 0 Å². The lowest BCUT2D eigenvalue weighted by Crippen LogP contribution is -2.11. The first-order valence-electron chi connectivity index (χ1n) is 20.1. The zero-order chi connectivity index (χ0) is 38.9. The number of furan rings is 2. The highest BCUT2D eigenvalue weighted by Crippen LogP contribution is 2.46. The summed E-state index contributed by atoms with van der Waals surface area (Å²) in [6.45, 7) is 0. The van der Waals surface area contributed by atoms with Crippen LogP contribution in [0.4, 0.5) is 17.1 Å². The average molecular weight is 754 g/mol. The van der Waals surface area contributed by atoms with E-state index in [1.807, 2.05) is 12.1 Å². The van der Waals surface area contributed by atoms with E-state index in [0.29, 0.717) is 0 Å². The van der Waals surface area contributed by atoms with Gasteiger partial charge in [-0.3, -0.25) is 0 Å². The molecule has 0 saturated carbocycles. The van der Waals surface area contributed by atoms with Crippen molar-refractivity contribution >= 4 is 82.5 Å². The van der Waals surface area contributed by atoms with Crippen molar-refractivity contribution in [3.05, 3.63) is 212 Å².